The van der Waals surface area contributed by atoms with Crippen LogP contribution in [0.4, 0.5) is 4.79 Å². The number of carbonyl (C=O) groups excluding carboxylic acids is 1. The summed E-state index contributed by atoms with van der Waals surface area (Å²) in [5.41, 5.74) is 0. The van der Waals surface area contributed by atoms with Crippen LogP contribution in [0, 0.1) is 17.8 Å². The minimum Gasteiger partial charge on any atom is -0.383 e. The molecule has 2 saturated carbocycles. The highest BCUT2D eigenvalue weighted by Gasteiger charge is 2.57. The van der Waals surface area contributed by atoms with Gasteiger partial charge in [0.15, 0.2) is 0 Å². The van der Waals surface area contributed by atoms with Crippen LogP contribution < -0.4 is 5.32 Å². The van der Waals surface area contributed by atoms with E-state index < -0.39 is 0 Å². The first-order valence-electron chi connectivity index (χ1n) is 6.76. The summed E-state index contributed by atoms with van der Waals surface area (Å²) < 4.78 is 5.04. The van der Waals surface area contributed by atoms with Crippen LogP contribution in [0.3, 0.4) is 0 Å². The van der Waals surface area contributed by atoms with E-state index in [4.69, 9.17) is 4.74 Å². The highest BCUT2D eigenvalue weighted by atomic mass is 16.5. The fourth-order valence-electron chi connectivity index (χ4n) is 4.14. The normalized spacial score (nSPS) is 39.8. The van der Waals surface area contributed by atoms with Crippen LogP contribution in [0.2, 0.25) is 0 Å². The van der Waals surface area contributed by atoms with Crippen LogP contribution in [0.25, 0.3) is 0 Å². The Morgan fingerprint density at radius 1 is 1.47 bits per heavy atom. The number of ether oxygens (including phenoxy) is 1. The molecule has 5 atom stereocenters. The van der Waals surface area contributed by atoms with E-state index in [1.54, 1.807) is 7.11 Å². The number of likely N-dealkylation sites (tertiary alicyclic amines) is 1. The zero-order valence-electron chi connectivity index (χ0n) is 10.7. The van der Waals surface area contributed by atoms with Crippen LogP contribution in [0.15, 0.2) is 0 Å². The van der Waals surface area contributed by atoms with Crippen LogP contribution >= 0.6 is 0 Å². The SMILES string of the molecule is COC[C@H](C)NC(=O)N1C[C@H]2[C@H]3CC[C@@H](C3)[C@H]21. The second-order valence-corrected chi connectivity index (χ2v) is 5.95. The standard InChI is InChI=1S/C13H22N2O2/c1-8(7-17-2)14-13(16)15-6-11-9-3-4-10(5-9)12(11)15/h8-12H,3-7H2,1-2H3,(H,14,16)/t8-,9-,10-,11-,12+/m0/s1. The summed E-state index contributed by atoms with van der Waals surface area (Å²) in [7, 11) is 1.66. The fourth-order valence-corrected chi connectivity index (χ4v) is 4.14. The molecule has 3 fully saturated rings. The number of amides is 2. The molecule has 3 rings (SSSR count). The van der Waals surface area contributed by atoms with Gasteiger partial charge in [0.2, 0.25) is 0 Å². The van der Waals surface area contributed by atoms with Gasteiger partial charge in [-0.3, -0.25) is 0 Å². The lowest BCUT2D eigenvalue weighted by Gasteiger charge is -2.50. The minimum atomic E-state index is 0.102. The van der Waals surface area contributed by atoms with Gasteiger partial charge >= 0.3 is 6.03 Å². The van der Waals surface area contributed by atoms with Gasteiger partial charge in [-0.1, -0.05) is 0 Å². The Bertz CT molecular complexity index is 319. The monoisotopic (exact) mass is 238 g/mol. The van der Waals surface area contributed by atoms with Gasteiger partial charge in [0.1, 0.15) is 0 Å². The maximum atomic E-state index is 12.1. The number of methoxy groups -OCH3 is 1. The van der Waals surface area contributed by atoms with Crippen molar-refractivity contribution >= 4 is 6.03 Å². The molecular formula is C13H22N2O2. The highest BCUT2D eigenvalue weighted by Crippen LogP contribution is 2.55. The molecule has 2 amide bonds. The molecular weight excluding hydrogens is 216 g/mol. The average Bonchev–Trinajstić information content (AvgIpc) is 2.73. The predicted octanol–water partition coefficient (Wildman–Crippen LogP) is 1.46. The van der Waals surface area contributed by atoms with Crippen LogP contribution in [0.1, 0.15) is 26.2 Å². The Morgan fingerprint density at radius 2 is 2.24 bits per heavy atom. The maximum Gasteiger partial charge on any atom is 0.317 e. The van der Waals surface area contributed by atoms with E-state index in [2.05, 4.69) is 10.2 Å². The van der Waals surface area contributed by atoms with Gasteiger partial charge in [-0.2, -0.15) is 0 Å². The summed E-state index contributed by atoms with van der Waals surface area (Å²) in [6.45, 7) is 3.55. The van der Waals surface area contributed by atoms with Gasteiger partial charge in [0, 0.05) is 25.6 Å². The molecule has 17 heavy (non-hydrogen) atoms. The number of nitrogens with zero attached hydrogens (tertiary/aromatic N) is 1. The molecule has 4 heteroatoms. The molecule has 2 bridgehead atoms. The summed E-state index contributed by atoms with van der Waals surface area (Å²) in [5, 5.41) is 3.02. The first kappa shape index (κ1) is 11.3. The minimum absolute atomic E-state index is 0.102. The largest absolute Gasteiger partial charge is 0.383 e. The lowest BCUT2D eigenvalue weighted by atomic mass is 9.77. The van der Waals surface area contributed by atoms with Gasteiger partial charge in [-0.25, -0.2) is 4.79 Å². The van der Waals surface area contributed by atoms with E-state index in [-0.39, 0.29) is 12.1 Å². The predicted molar refractivity (Wildman–Crippen MR) is 64.7 cm³/mol. The third-order valence-corrected chi connectivity index (χ3v) is 4.86. The zero-order chi connectivity index (χ0) is 12.0. The lowest BCUT2D eigenvalue weighted by molar-refractivity contribution is 0.0104. The van der Waals surface area contributed by atoms with Crippen molar-refractivity contribution < 1.29 is 9.53 Å². The third-order valence-electron chi connectivity index (χ3n) is 4.86. The van der Waals surface area contributed by atoms with Crippen molar-refractivity contribution in [1.82, 2.24) is 10.2 Å². The van der Waals surface area contributed by atoms with Gasteiger partial charge in [0.25, 0.3) is 0 Å². The number of fused-ring (bicyclic) bond motifs is 5. The summed E-state index contributed by atoms with van der Waals surface area (Å²) in [5.74, 6) is 2.53. The third kappa shape index (κ3) is 1.73. The molecule has 3 aliphatic rings. The smallest absolute Gasteiger partial charge is 0.317 e. The van der Waals surface area contributed by atoms with Crippen molar-refractivity contribution in [3.8, 4) is 0 Å². The Balaban J connectivity index is 1.55. The summed E-state index contributed by atoms with van der Waals surface area (Å²) in [4.78, 5) is 14.1. The maximum absolute atomic E-state index is 12.1. The second-order valence-electron chi connectivity index (χ2n) is 5.95. The van der Waals surface area contributed by atoms with Gasteiger partial charge in [-0.05, 0) is 38.0 Å². The van der Waals surface area contributed by atoms with Crippen LogP contribution in [0.5, 0.6) is 0 Å². The quantitative estimate of drug-likeness (QED) is 0.809. The average molecular weight is 238 g/mol. The first-order chi connectivity index (χ1) is 8.20. The van der Waals surface area contributed by atoms with Gasteiger partial charge in [-0.15, -0.1) is 0 Å². The molecule has 2 aliphatic carbocycles. The van der Waals surface area contributed by atoms with E-state index in [1.807, 2.05) is 6.92 Å². The molecule has 0 radical (unpaired) electrons. The van der Waals surface area contributed by atoms with Gasteiger partial charge < -0.3 is 15.0 Å². The Hall–Kier alpha value is -0.770. The summed E-state index contributed by atoms with van der Waals surface area (Å²) in [6, 6.07) is 0.775. The Kier molecular flexibility index (Phi) is 2.77. The lowest BCUT2D eigenvalue weighted by Crippen LogP contribution is -2.64. The fraction of sp³-hybridized carbons (Fsp3) is 0.923. The number of nitrogens with one attached hydrogen (secondary N) is 1. The van der Waals surface area contributed by atoms with E-state index in [1.165, 1.54) is 19.3 Å². The molecule has 0 aromatic rings. The summed E-state index contributed by atoms with van der Waals surface area (Å²) in [6.07, 6.45) is 4.11. The van der Waals surface area contributed by atoms with E-state index in [0.29, 0.717) is 12.6 Å². The number of hydrogen-bond donors (Lipinski definition) is 1. The Labute approximate surface area is 103 Å². The number of urea groups is 1. The topological polar surface area (TPSA) is 41.6 Å². The molecule has 0 unspecified atom stereocenters. The Morgan fingerprint density at radius 3 is 2.94 bits per heavy atom. The molecule has 0 aromatic carbocycles. The van der Waals surface area contributed by atoms with E-state index >= 15 is 0 Å². The molecule has 0 aromatic heterocycles. The molecule has 1 aliphatic heterocycles. The van der Waals surface area contributed by atoms with Gasteiger partial charge in [0.05, 0.1) is 12.6 Å². The van der Waals surface area contributed by atoms with Crippen LogP contribution in [-0.2, 0) is 4.74 Å². The number of carbonyl (C=O) groups is 1. The number of hydrogen-bond acceptors (Lipinski definition) is 2. The first-order valence-corrected chi connectivity index (χ1v) is 6.76. The summed E-state index contributed by atoms with van der Waals surface area (Å²) >= 11 is 0. The molecule has 1 heterocycles. The molecule has 4 nitrogen and oxygen atoms in total. The highest BCUT2D eigenvalue weighted by molar-refractivity contribution is 5.76. The molecule has 96 valence electrons. The van der Waals surface area contributed by atoms with E-state index in [9.17, 15) is 4.79 Å². The van der Waals surface area contributed by atoms with Crippen molar-refractivity contribution in [2.24, 2.45) is 17.8 Å². The molecule has 0 spiro atoms. The van der Waals surface area contributed by atoms with Crippen molar-refractivity contribution in [2.45, 2.75) is 38.3 Å². The van der Waals surface area contributed by atoms with Crippen LogP contribution in [-0.4, -0.2) is 43.3 Å². The zero-order valence-corrected chi connectivity index (χ0v) is 10.7. The van der Waals surface area contributed by atoms with Crippen molar-refractivity contribution in [3.63, 3.8) is 0 Å². The van der Waals surface area contributed by atoms with Crippen molar-refractivity contribution in [1.29, 1.82) is 0 Å². The number of rotatable bonds is 3. The molecule has 1 N–H and O–H groups in total. The van der Waals surface area contributed by atoms with Crippen molar-refractivity contribution in [2.75, 3.05) is 20.3 Å². The molecule has 1 saturated heterocycles. The second kappa shape index (κ2) is 4.16. The van der Waals surface area contributed by atoms with E-state index in [0.717, 1.165) is 24.3 Å². The van der Waals surface area contributed by atoms with Crippen molar-refractivity contribution in [3.05, 3.63) is 0 Å².